The van der Waals surface area contributed by atoms with Crippen molar-refractivity contribution in [2.45, 2.75) is 30.7 Å². The molecular weight excluding hydrogens is 455 g/mol. The molecule has 1 fully saturated rings. The van der Waals surface area contributed by atoms with Crippen molar-refractivity contribution in [2.75, 3.05) is 7.11 Å². The molecule has 1 aliphatic carbocycles. The fraction of sp³-hybridized carbons (Fsp3) is 0.400. The molecule has 0 aliphatic heterocycles. The van der Waals surface area contributed by atoms with E-state index in [9.17, 15) is 18.1 Å². The zero-order valence-corrected chi connectivity index (χ0v) is 16.7. The summed E-state index contributed by atoms with van der Waals surface area (Å²) in [6.07, 6.45) is 1.56. The lowest BCUT2D eigenvalue weighted by Crippen LogP contribution is -2.47. The van der Waals surface area contributed by atoms with Gasteiger partial charge in [0.2, 0.25) is 0 Å². The number of nitrogens with one attached hydrogen (secondary N) is 1. The molecule has 1 heterocycles. The van der Waals surface area contributed by atoms with Gasteiger partial charge in [0.15, 0.2) is 0 Å². The molecule has 1 aromatic carbocycles. The second-order valence-corrected chi connectivity index (χ2v) is 9.54. The van der Waals surface area contributed by atoms with Crippen molar-refractivity contribution >= 4 is 50.9 Å². The average Bonchev–Trinajstić information content (AvgIpc) is 2.86. The summed E-state index contributed by atoms with van der Waals surface area (Å²) in [7, 11) is -4.07. The van der Waals surface area contributed by atoms with Crippen LogP contribution in [0.4, 0.5) is 8.78 Å². The number of halogens is 3. The largest absolute Gasteiger partial charge is 0.400 e. The molecule has 6 nitrogen and oxygen atoms in total. The number of carbonyl (C=O) groups is 1. The summed E-state index contributed by atoms with van der Waals surface area (Å²) in [5.74, 6) is -0.340. The highest BCUT2D eigenvalue weighted by molar-refractivity contribution is 9.10. The van der Waals surface area contributed by atoms with E-state index in [1.54, 1.807) is 7.11 Å². The van der Waals surface area contributed by atoms with Gasteiger partial charge in [-0.2, -0.15) is 8.78 Å². The molecule has 1 aliphatic rings. The molecule has 0 spiro atoms. The topological polar surface area (TPSA) is 95.9 Å². The van der Waals surface area contributed by atoms with Crippen LogP contribution in [-0.2, 0) is 15.0 Å². The van der Waals surface area contributed by atoms with Gasteiger partial charge in [-0.1, -0.05) is 0 Å². The summed E-state index contributed by atoms with van der Waals surface area (Å²) in [6, 6.07) is 4.41. The number of methoxy groups -OCH3 is 1. The van der Waals surface area contributed by atoms with E-state index in [1.165, 1.54) is 18.2 Å². The molecule has 1 amide bonds. The SMILES string of the molecule is COC1CC(NC(=O)c2ccc3sc(C(F)(F)P(=O)(O)O)c(Br)c3c2)C1. The van der Waals surface area contributed by atoms with E-state index in [4.69, 9.17) is 14.5 Å². The second kappa shape index (κ2) is 6.92. The number of fused-ring (bicyclic) bond motifs is 1. The minimum absolute atomic E-state index is 0.00335. The standard InChI is InChI=1S/C15H15BrF2NO5PS/c1-24-9-5-8(6-9)19-14(20)7-2-3-11-10(4-7)12(16)13(26-11)15(17,18)25(21,22)23/h2-4,8-9H,5-6H2,1H3,(H,19,20)(H2,21,22,23). The predicted octanol–water partition coefficient (Wildman–Crippen LogP) is 3.80. The van der Waals surface area contributed by atoms with Gasteiger partial charge in [0.05, 0.1) is 6.10 Å². The maximum Gasteiger partial charge on any atom is 0.400 e. The molecule has 3 N–H and O–H groups in total. The molecule has 0 radical (unpaired) electrons. The van der Waals surface area contributed by atoms with E-state index in [0.717, 1.165) is 0 Å². The molecule has 1 aromatic heterocycles. The predicted molar refractivity (Wildman–Crippen MR) is 96.7 cm³/mol. The number of rotatable bonds is 5. The maximum absolute atomic E-state index is 14.0. The summed E-state index contributed by atoms with van der Waals surface area (Å²) >= 11 is 3.57. The van der Waals surface area contributed by atoms with Crippen LogP contribution in [0.1, 0.15) is 28.1 Å². The van der Waals surface area contributed by atoms with E-state index >= 15 is 0 Å². The highest BCUT2D eigenvalue weighted by Gasteiger charge is 2.53. The van der Waals surface area contributed by atoms with Crippen molar-refractivity contribution in [3.8, 4) is 0 Å². The van der Waals surface area contributed by atoms with Crippen LogP contribution in [0.5, 0.6) is 0 Å². The minimum Gasteiger partial charge on any atom is -0.381 e. The normalized spacial score (nSPS) is 20.8. The van der Waals surface area contributed by atoms with Crippen molar-refractivity contribution in [3.05, 3.63) is 33.1 Å². The Labute approximate surface area is 159 Å². The van der Waals surface area contributed by atoms with Gasteiger partial charge in [-0.25, -0.2) is 0 Å². The van der Waals surface area contributed by atoms with Gasteiger partial charge in [0, 0.05) is 33.3 Å². The van der Waals surface area contributed by atoms with Crippen LogP contribution in [0.25, 0.3) is 10.1 Å². The highest BCUT2D eigenvalue weighted by Crippen LogP contribution is 2.62. The summed E-state index contributed by atoms with van der Waals surface area (Å²) in [5, 5.41) is 3.14. The van der Waals surface area contributed by atoms with E-state index in [1.807, 2.05) is 0 Å². The molecule has 142 valence electrons. The fourth-order valence-electron chi connectivity index (χ4n) is 2.68. The molecule has 1 saturated carbocycles. The smallest absolute Gasteiger partial charge is 0.381 e. The molecular formula is C15H15BrF2NO5PS. The summed E-state index contributed by atoms with van der Waals surface area (Å²) < 4.78 is 44.6. The van der Waals surface area contributed by atoms with Crippen LogP contribution in [0.2, 0.25) is 0 Å². The van der Waals surface area contributed by atoms with Crippen LogP contribution in [0.15, 0.2) is 22.7 Å². The molecule has 3 rings (SSSR count). The van der Waals surface area contributed by atoms with Gasteiger partial charge < -0.3 is 19.8 Å². The Morgan fingerprint density at radius 2 is 2.08 bits per heavy atom. The Bertz CT molecular complexity index is 909. The van der Waals surface area contributed by atoms with Gasteiger partial charge in [-0.05, 0) is 47.0 Å². The van der Waals surface area contributed by atoms with Crippen LogP contribution >= 0.6 is 34.9 Å². The van der Waals surface area contributed by atoms with Gasteiger partial charge >= 0.3 is 13.3 Å². The first kappa shape index (κ1) is 19.9. The summed E-state index contributed by atoms with van der Waals surface area (Å²) in [6.45, 7) is 0. The van der Waals surface area contributed by atoms with Crippen molar-refractivity contribution in [1.82, 2.24) is 5.32 Å². The molecule has 26 heavy (non-hydrogen) atoms. The van der Waals surface area contributed by atoms with Crippen LogP contribution in [0.3, 0.4) is 0 Å². The maximum atomic E-state index is 14.0. The van der Waals surface area contributed by atoms with E-state index in [0.29, 0.717) is 34.3 Å². The van der Waals surface area contributed by atoms with Crippen LogP contribution < -0.4 is 5.32 Å². The van der Waals surface area contributed by atoms with Gasteiger partial charge in [-0.15, -0.1) is 11.3 Å². The molecule has 0 atom stereocenters. The Morgan fingerprint density at radius 1 is 1.42 bits per heavy atom. The molecule has 11 heteroatoms. The monoisotopic (exact) mass is 469 g/mol. The highest BCUT2D eigenvalue weighted by atomic mass is 79.9. The van der Waals surface area contributed by atoms with Crippen molar-refractivity contribution in [3.63, 3.8) is 0 Å². The first-order valence-electron chi connectivity index (χ1n) is 7.54. The molecule has 0 unspecified atom stereocenters. The fourth-order valence-corrected chi connectivity index (χ4v) is 5.60. The van der Waals surface area contributed by atoms with Crippen molar-refractivity contribution in [2.24, 2.45) is 0 Å². The third-order valence-corrected chi connectivity index (χ3v) is 7.73. The van der Waals surface area contributed by atoms with Gasteiger partial charge in [0.25, 0.3) is 5.91 Å². The number of hydrogen-bond acceptors (Lipinski definition) is 4. The first-order chi connectivity index (χ1) is 12.0. The number of amides is 1. The number of thiophene rings is 1. The summed E-state index contributed by atoms with van der Waals surface area (Å²) in [5.41, 5.74) is -4.03. The van der Waals surface area contributed by atoms with Gasteiger partial charge in [0.1, 0.15) is 4.88 Å². The number of ether oxygens (including phenoxy) is 1. The Balaban J connectivity index is 1.89. The number of benzene rings is 1. The third-order valence-electron chi connectivity index (χ3n) is 4.29. The number of hydrogen-bond donors (Lipinski definition) is 3. The number of alkyl halides is 2. The van der Waals surface area contributed by atoms with Crippen LogP contribution in [0, 0.1) is 0 Å². The lowest BCUT2D eigenvalue weighted by molar-refractivity contribution is 0.0176. The molecule has 2 aromatic rings. The third kappa shape index (κ3) is 3.46. The van der Waals surface area contributed by atoms with Crippen molar-refractivity contribution < 1.29 is 32.7 Å². The van der Waals surface area contributed by atoms with Crippen molar-refractivity contribution in [1.29, 1.82) is 0 Å². The number of carbonyl (C=O) groups excluding carboxylic acids is 1. The summed E-state index contributed by atoms with van der Waals surface area (Å²) in [4.78, 5) is 29.4. The van der Waals surface area contributed by atoms with E-state index in [-0.39, 0.29) is 28.1 Å². The first-order valence-corrected chi connectivity index (χ1v) is 10.8. The molecule has 0 saturated heterocycles. The Kier molecular flexibility index (Phi) is 5.29. The lowest BCUT2D eigenvalue weighted by Gasteiger charge is -2.34. The average molecular weight is 470 g/mol. The molecule has 0 bridgehead atoms. The van der Waals surface area contributed by atoms with Crippen LogP contribution in [-0.4, -0.2) is 34.9 Å². The second-order valence-electron chi connectivity index (χ2n) is 6.04. The Morgan fingerprint density at radius 3 is 2.65 bits per heavy atom. The van der Waals surface area contributed by atoms with E-state index in [2.05, 4.69) is 21.2 Å². The Hall–Kier alpha value is -0.900. The minimum atomic E-state index is -5.67. The van der Waals surface area contributed by atoms with E-state index < -0.39 is 18.1 Å². The zero-order chi connectivity index (χ0) is 19.3. The zero-order valence-electron chi connectivity index (χ0n) is 13.4. The lowest BCUT2D eigenvalue weighted by atomic mass is 9.89. The quantitative estimate of drug-likeness (QED) is 0.578. The van der Waals surface area contributed by atoms with Gasteiger partial charge in [-0.3, -0.25) is 9.36 Å².